The maximum atomic E-state index is 12.3. The largest absolute Gasteiger partial charge is 0.497 e. The molecular weight excluding hydrogens is 268 g/mol. The van der Waals surface area contributed by atoms with E-state index < -0.39 is 0 Å². The molecule has 0 aliphatic carbocycles. The summed E-state index contributed by atoms with van der Waals surface area (Å²) in [6.07, 6.45) is 1.68. The number of amides is 1. The van der Waals surface area contributed by atoms with Crippen LogP contribution in [-0.2, 0) is 9.53 Å². The molecular formula is C16H22N2O3. The number of carbonyl (C=O) groups is 1. The SMILES string of the molecule is COc1ccc(N2CCN(C(=O)[C@@H]3CCCO3)CC2)cc1. The molecule has 0 bridgehead atoms. The van der Waals surface area contributed by atoms with Crippen molar-refractivity contribution < 1.29 is 14.3 Å². The van der Waals surface area contributed by atoms with Crippen LogP contribution in [0.4, 0.5) is 5.69 Å². The fourth-order valence-electron chi connectivity index (χ4n) is 2.95. The van der Waals surface area contributed by atoms with Gasteiger partial charge in [-0.2, -0.15) is 0 Å². The summed E-state index contributed by atoms with van der Waals surface area (Å²) in [5, 5.41) is 0. The number of benzene rings is 1. The first kappa shape index (κ1) is 14.2. The zero-order valence-electron chi connectivity index (χ0n) is 12.5. The van der Waals surface area contributed by atoms with Crippen molar-refractivity contribution in [1.29, 1.82) is 0 Å². The first-order chi connectivity index (χ1) is 10.3. The average molecular weight is 290 g/mol. The highest BCUT2D eigenvalue weighted by atomic mass is 16.5. The van der Waals surface area contributed by atoms with Crippen molar-refractivity contribution in [3.8, 4) is 5.75 Å². The molecule has 0 N–H and O–H groups in total. The van der Waals surface area contributed by atoms with Crippen molar-refractivity contribution in [2.45, 2.75) is 18.9 Å². The Morgan fingerprint density at radius 3 is 2.48 bits per heavy atom. The van der Waals surface area contributed by atoms with Gasteiger partial charge >= 0.3 is 0 Å². The molecule has 1 atom stereocenters. The van der Waals surface area contributed by atoms with E-state index in [9.17, 15) is 4.79 Å². The summed E-state index contributed by atoms with van der Waals surface area (Å²) in [7, 11) is 1.67. The van der Waals surface area contributed by atoms with E-state index in [1.54, 1.807) is 7.11 Å². The van der Waals surface area contributed by atoms with Crippen LogP contribution in [0.2, 0.25) is 0 Å². The lowest BCUT2D eigenvalue weighted by Gasteiger charge is -2.37. The summed E-state index contributed by atoms with van der Waals surface area (Å²) >= 11 is 0. The summed E-state index contributed by atoms with van der Waals surface area (Å²) in [6.45, 7) is 3.99. The fourth-order valence-corrected chi connectivity index (χ4v) is 2.95. The van der Waals surface area contributed by atoms with Crippen LogP contribution in [0.3, 0.4) is 0 Å². The smallest absolute Gasteiger partial charge is 0.251 e. The van der Waals surface area contributed by atoms with Crippen molar-refractivity contribution in [3.63, 3.8) is 0 Å². The molecule has 0 aromatic heterocycles. The van der Waals surface area contributed by atoms with Gasteiger partial charge in [0.25, 0.3) is 5.91 Å². The third kappa shape index (κ3) is 3.13. The standard InChI is InChI=1S/C16H22N2O3/c1-20-14-6-4-13(5-7-14)17-8-10-18(11-9-17)16(19)15-3-2-12-21-15/h4-7,15H,2-3,8-12H2,1H3/t15-/m0/s1. The molecule has 0 unspecified atom stereocenters. The first-order valence-corrected chi connectivity index (χ1v) is 7.57. The van der Waals surface area contributed by atoms with Gasteiger partial charge in [-0.15, -0.1) is 0 Å². The summed E-state index contributed by atoms with van der Waals surface area (Å²) in [6, 6.07) is 8.07. The summed E-state index contributed by atoms with van der Waals surface area (Å²) in [4.78, 5) is 16.5. The Bertz CT molecular complexity index is 475. The van der Waals surface area contributed by atoms with Gasteiger partial charge in [-0.05, 0) is 37.1 Å². The number of nitrogens with zero attached hydrogens (tertiary/aromatic N) is 2. The Balaban J connectivity index is 1.55. The highest BCUT2D eigenvalue weighted by Crippen LogP contribution is 2.21. The second-order valence-electron chi connectivity index (χ2n) is 5.51. The van der Waals surface area contributed by atoms with Crippen LogP contribution in [-0.4, -0.2) is 56.8 Å². The van der Waals surface area contributed by atoms with Crippen LogP contribution in [0, 0.1) is 0 Å². The van der Waals surface area contributed by atoms with Crippen LogP contribution >= 0.6 is 0 Å². The van der Waals surface area contributed by atoms with Gasteiger partial charge in [0.15, 0.2) is 0 Å². The van der Waals surface area contributed by atoms with Crippen molar-refractivity contribution >= 4 is 11.6 Å². The van der Waals surface area contributed by atoms with Gasteiger partial charge in [0, 0.05) is 38.5 Å². The van der Waals surface area contributed by atoms with E-state index in [-0.39, 0.29) is 12.0 Å². The van der Waals surface area contributed by atoms with E-state index in [0.29, 0.717) is 0 Å². The maximum Gasteiger partial charge on any atom is 0.251 e. The molecule has 2 saturated heterocycles. The number of carbonyl (C=O) groups excluding carboxylic acids is 1. The average Bonchev–Trinajstić information content (AvgIpc) is 3.09. The zero-order chi connectivity index (χ0) is 14.7. The van der Waals surface area contributed by atoms with Gasteiger partial charge in [0.2, 0.25) is 0 Å². The van der Waals surface area contributed by atoms with E-state index in [1.165, 1.54) is 5.69 Å². The zero-order valence-corrected chi connectivity index (χ0v) is 12.5. The predicted octanol–water partition coefficient (Wildman–Crippen LogP) is 1.52. The van der Waals surface area contributed by atoms with Crippen LogP contribution in [0.15, 0.2) is 24.3 Å². The highest BCUT2D eigenvalue weighted by molar-refractivity contribution is 5.81. The third-order valence-corrected chi connectivity index (χ3v) is 4.23. The Labute approximate surface area is 125 Å². The Hall–Kier alpha value is -1.75. The number of hydrogen-bond donors (Lipinski definition) is 0. The second kappa shape index (κ2) is 6.35. The Morgan fingerprint density at radius 1 is 1.19 bits per heavy atom. The minimum atomic E-state index is -0.197. The maximum absolute atomic E-state index is 12.3. The molecule has 5 heteroatoms. The lowest BCUT2D eigenvalue weighted by molar-refractivity contribution is -0.141. The van der Waals surface area contributed by atoms with Crippen molar-refractivity contribution in [2.24, 2.45) is 0 Å². The van der Waals surface area contributed by atoms with Crippen LogP contribution < -0.4 is 9.64 Å². The molecule has 114 valence electrons. The fraction of sp³-hybridized carbons (Fsp3) is 0.562. The predicted molar refractivity (Wildman–Crippen MR) is 80.8 cm³/mol. The van der Waals surface area contributed by atoms with Gasteiger partial charge in [-0.1, -0.05) is 0 Å². The van der Waals surface area contributed by atoms with E-state index >= 15 is 0 Å². The quantitative estimate of drug-likeness (QED) is 0.846. The number of hydrogen-bond acceptors (Lipinski definition) is 4. The lowest BCUT2D eigenvalue weighted by atomic mass is 10.2. The monoisotopic (exact) mass is 290 g/mol. The summed E-state index contributed by atoms with van der Waals surface area (Å²) in [5.74, 6) is 1.04. The number of methoxy groups -OCH3 is 1. The van der Waals surface area contributed by atoms with E-state index in [1.807, 2.05) is 17.0 Å². The van der Waals surface area contributed by atoms with Gasteiger partial charge in [-0.3, -0.25) is 4.79 Å². The van der Waals surface area contributed by atoms with Gasteiger partial charge in [-0.25, -0.2) is 0 Å². The molecule has 5 nitrogen and oxygen atoms in total. The lowest BCUT2D eigenvalue weighted by Crippen LogP contribution is -2.51. The van der Waals surface area contributed by atoms with Crippen LogP contribution in [0.5, 0.6) is 5.75 Å². The number of rotatable bonds is 3. The normalized spacial score (nSPS) is 22.4. The van der Waals surface area contributed by atoms with E-state index in [4.69, 9.17) is 9.47 Å². The summed E-state index contributed by atoms with van der Waals surface area (Å²) < 4.78 is 10.7. The molecule has 1 aromatic rings. The molecule has 2 heterocycles. The van der Waals surface area contributed by atoms with Crippen LogP contribution in [0.25, 0.3) is 0 Å². The van der Waals surface area contributed by atoms with Crippen molar-refractivity contribution in [1.82, 2.24) is 4.90 Å². The highest BCUT2D eigenvalue weighted by Gasteiger charge is 2.30. The first-order valence-electron chi connectivity index (χ1n) is 7.57. The minimum Gasteiger partial charge on any atom is -0.497 e. The van der Waals surface area contributed by atoms with Gasteiger partial charge in [0.05, 0.1) is 7.11 Å². The molecule has 0 radical (unpaired) electrons. The topological polar surface area (TPSA) is 42.0 Å². The van der Waals surface area contributed by atoms with Crippen molar-refractivity contribution in [3.05, 3.63) is 24.3 Å². The minimum absolute atomic E-state index is 0.168. The molecule has 1 aromatic carbocycles. The van der Waals surface area contributed by atoms with Crippen LogP contribution in [0.1, 0.15) is 12.8 Å². The Morgan fingerprint density at radius 2 is 1.90 bits per heavy atom. The molecule has 0 spiro atoms. The van der Waals surface area contributed by atoms with E-state index in [2.05, 4.69) is 17.0 Å². The van der Waals surface area contributed by atoms with Gasteiger partial charge in [0.1, 0.15) is 11.9 Å². The molecule has 1 amide bonds. The number of ether oxygens (including phenoxy) is 2. The molecule has 3 rings (SSSR count). The number of anilines is 1. The van der Waals surface area contributed by atoms with Crippen molar-refractivity contribution in [2.75, 3.05) is 44.8 Å². The molecule has 21 heavy (non-hydrogen) atoms. The summed E-state index contributed by atoms with van der Waals surface area (Å²) in [5.41, 5.74) is 1.18. The van der Waals surface area contributed by atoms with E-state index in [0.717, 1.165) is 51.4 Å². The molecule has 2 fully saturated rings. The molecule has 2 aliphatic heterocycles. The molecule has 2 aliphatic rings. The third-order valence-electron chi connectivity index (χ3n) is 4.23. The number of piperazine rings is 1. The molecule has 0 saturated carbocycles. The Kier molecular flexibility index (Phi) is 4.29. The second-order valence-corrected chi connectivity index (χ2v) is 5.51. The van der Waals surface area contributed by atoms with Gasteiger partial charge < -0.3 is 19.3 Å².